The molecule has 0 aliphatic heterocycles. The first kappa shape index (κ1) is 21.4. The summed E-state index contributed by atoms with van der Waals surface area (Å²) in [7, 11) is -3.62. The fourth-order valence-corrected chi connectivity index (χ4v) is 4.04. The maximum Gasteiger partial charge on any atom is 0.262 e. The maximum absolute atomic E-state index is 12.6. The standard InChI is InChI=1S/C19H23N3O5S/c1-3-22(4-2)28(25,26)17-10-6-8-15(12-17)21-18(23)13-27-16-9-5-7-14(11-16)19(20)24/h5-12H,3-4,13H2,1-2H3,(H2,20,24)(H,21,23). The van der Waals surface area contributed by atoms with Gasteiger partial charge in [0.25, 0.3) is 5.91 Å². The van der Waals surface area contributed by atoms with Gasteiger partial charge < -0.3 is 15.8 Å². The van der Waals surface area contributed by atoms with Crippen molar-refractivity contribution in [3.05, 3.63) is 54.1 Å². The average Bonchev–Trinajstić information content (AvgIpc) is 2.67. The second-order valence-corrected chi connectivity index (χ2v) is 7.78. The van der Waals surface area contributed by atoms with Gasteiger partial charge in [-0.15, -0.1) is 0 Å². The van der Waals surface area contributed by atoms with Gasteiger partial charge in [0, 0.05) is 24.3 Å². The normalized spacial score (nSPS) is 11.2. The minimum atomic E-state index is -3.62. The Hall–Kier alpha value is -2.91. The van der Waals surface area contributed by atoms with Gasteiger partial charge in [-0.05, 0) is 36.4 Å². The number of benzene rings is 2. The van der Waals surface area contributed by atoms with Crippen LogP contribution < -0.4 is 15.8 Å². The van der Waals surface area contributed by atoms with Crippen LogP contribution in [-0.4, -0.2) is 44.2 Å². The highest BCUT2D eigenvalue weighted by molar-refractivity contribution is 7.89. The van der Waals surface area contributed by atoms with Crippen molar-refractivity contribution < 1.29 is 22.7 Å². The number of nitrogens with one attached hydrogen (secondary N) is 1. The molecule has 150 valence electrons. The van der Waals surface area contributed by atoms with Gasteiger partial charge in [0.15, 0.2) is 6.61 Å². The van der Waals surface area contributed by atoms with E-state index in [1.807, 2.05) is 0 Å². The highest BCUT2D eigenvalue weighted by Gasteiger charge is 2.21. The number of sulfonamides is 1. The molecule has 0 fully saturated rings. The highest BCUT2D eigenvalue weighted by atomic mass is 32.2. The molecule has 2 aromatic rings. The van der Waals surface area contributed by atoms with Crippen LogP contribution in [0.4, 0.5) is 5.69 Å². The first-order chi connectivity index (χ1) is 13.3. The molecule has 2 amide bonds. The summed E-state index contributed by atoms with van der Waals surface area (Å²) in [6.45, 7) is 3.92. The molecule has 0 radical (unpaired) electrons. The Balaban J connectivity index is 2.05. The Morgan fingerprint density at radius 2 is 1.75 bits per heavy atom. The molecule has 0 saturated heterocycles. The zero-order valence-electron chi connectivity index (χ0n) is 15.7. The largest absolute Gasteiger partial charge is 0.484 e. The SMILES string of the molecule is CCN(CC)S(=O)(=O)c1cccc(NC(=O)COc2cccc(C(N)=O)c2)c1. The number of ether oxygens (including phenoxy) is 1. The summed E-state index contributed by atoms with van der Waals surface area (Å²) < 4.78 is 31.9. The topological polar surface area (TPSA) is 119 Å². The van der Waals surface area contributed by atoms with Crippen molar-refractivity contribution in [3.63, 3.8) is 0 Å². The molecule has 3 N–H and O–H groups in total. The van der Waals surface area contributed by atoms with E-state index in [9.17, 15) is 18.0 Å². The van der Waals surface area contributed by atoms with Crippen molar-refractivity contribution in [2.24, 2.45) is 5.73 Å². The molecule has 2 aromatic carbocycles. The molecule has 28 heavy (non-hydrogen) atoms. The van der Waals surface area contributed by atoms with Crippen molar-refractivity contribution in [3.8, 4) is 5.75 Å². The number of nitrogens with two attached hydrogens (primary N) is 1. The monoisotopic (exact) mass is 405 g/mol. The molecule has 0 unspecified atom stereocenters. The fourth-order valence-electron chi connectivity index (χ4n) is 2.53. The first-order valence-corrected chi connectivity index (χ1v) is 10.1. The van der Waals surface area contributed by atoms with E-state index in [2.05, 4.69) is 5.32 Å². The lowest BCUT2D eigenvalue weighted by atomic mass is 10.2. The van der Waals surface area contributed by atoms with Crippen LogP contribution in [0.5, 0.6) is 5.75 Å². The van der Waals surface area contributed by atoms with Crippen LogP contribution in [0, 0.1) is 0 Å². The maximum atomic E-state index is 12.6. The van der Waals surface area contributed by atoms with Crippen molar-refractivity contribution in [1.82, 2.24) is 4.31 Å². The summed E-state index contributed by atoms with van der Waals surface area (Å²) >= 11 is 0. The van der Waals surface area contributed by atoms with Crippen LogP contribution in [0.1, 0.15) is 24.2 Å². The summed E-state index contributed by atoms with van der Waals surface area (Å²) in [5, 5.41) is 2.60. The minimum Gasteiger partial charge on any atom is -0.484 e. The van der Waals surface area contributed by atoms with Gasteiger partial charge in [-0.2, -0.15) is 4.31 Å². The summed E-state index contributed by atoms with van der Waals surface area (Å²) in [5.41, 5.74) is 5.82. The van der Waals surface area contributed by atoms with E-state index in [4.69, 9.17) is 10.5 Å². The van der Waals surface area contributed by atoms with E-state index in [-0.39, 0.29) is 17.1 Å². The number of hydrogen-bond acceptors (Lipinski definition) is 5. The van der Waals surface area contributed by atoms with E-state index < -0.39 is 21.8 Å². The lowest BCUT2D eigenvalue weighted by Gasteiger charge is -2.18. The molecule has 8 nitrogen and oxygen atoms in total. The predicted molar refractivity (Wildman–Crippen MR) is 106 cm³/mol. The molecule has 0 aliphatic rings. The second kappa shape index (κ2) is 9.34. The zero-order valence-corrected chi connectivity index (χ0v) is 16.5. The Morgan fingerprint density at radius 1 is 1.07 bits per heavy atom. The number of hydrogen-bond donors (Lipinski definition) is 2. The highest BCUT2D eigenvalue weighted by Crippen LogP contribution is 2.19. The Bertz CT molecular complexity index is 956. The number of carbonyl (C=O) groups excluding carboxylic acids is 2. The van der Waals surface area contributed by atoms with Crippen LogP contribution in [0.3, 0.4) is 0 Å². The number of rotatable bonds is 9. The van der Waals surface area contributed by atoms with Gasteiger partial charge in [-0.1, -0.05) is 26.0 Å². The quantitative estimate of drug-likeness (QED) is 0.660. The minimum absolute atomic E-state index is 0.101. The van der Waals surface area contributed by atoms with Crippen molar-refractivity contribution in [1.29, 1.82) is 0 Å². The fraction of sp³-hybridized carbons (Fsp3) is 0.263. The summed E-state index contributed by atoms with van der Waals surface area (Å²) in [5.74, 6) is -0.743. The smallest absolute Gasteiger partial charge is 0.262 e. The van der Waals surface area contributed by atoms with Crippen LogP contribution in [0.15, 0.2) is 53.4 Å². The van der Waals surface area contributed by atoms with Gasteiger partial charge in [0.05, 0.1) is 4.90 Å². The molecule has 0 aromatic heterocycles. The van der Waals surface area contributed by atoms with Crippen molar-refractivity contribution in [2.45, 2.75) is 18.7 Å². The number of amides is 2. The number of carbonyl (C=O) groups is 2. The van der Waals surface area contributed by atoms with E-state index in [1.165, 1.54) is 28.6 Å². The zero-order chi connectivity index (χ0) is 20.7. The summed E-state index contributed by atoms with van der Waals surface area (Å²) in [4.78, 5) is 23.4. The number of nitrogens with zero attached hydrogens (tertiary/aromatic N) is 1. The molecule has 0 atom stereocenters. The lowest BCUT2D eigenvalue weighted by Crippen LogP contribution is -2.30. The molecule has 0 saturated carbocycles. The van der Waals surface area contributed by atoms with Gasteiger partial charge >= 0.3 is 0 Å². The molecular formula is C19H23N3O5S. The van der Waals surface area contributed by atoms with Crippen molar-refractivity contribution in [2.75, 3.05) is 25.0 Å². The number of primary amides is 1. The molecule has 0 bridgehead atoms. The summed E-state index contributed by atoms with van der Waals surface area (Å²) in [6, 6.07) is 12.2. The van der Waals surface area contributed by atoms with Crippen molar-refractivity contribution >= 4 is 27.5 Å². The lowest BCUT2D eigenvalue weighted by molar-refractivity contribution is -0.118. The number of anilines is 1. The van der Waals surface area contributed by atoms with Gasteiger partial charge in [0.1, 0.15) is 5.75 Å². The van der Waals surface area contributed by atoms with E-state index in [0.29, 0.717) is 24.5 Å². The Kier molecular flexibility index (Phi) is 7.13. The van der Waals surface area contributed by atoms with Gasteiger partial charge in [0.2, 0.25) is 15.9 Å². The molecule has 9 heteroatoms. The van der Waals surface area contributed by atoms with Crippen LogP contribution in [0.25, 0.3) is 0 Å². The first-order valence-electron chi connectivity index (χ1n) is 8.70. The summed E-state index contributed by atoms with van der Waals surface area (Å²) in [6.07, 6.45) is 0. The molecule has 0 aliphatic carbocycles. The molecular weight excluding hydrogens is 382 g/mol. The third-order valence-corrected chi connectivity index (χ3v) is 6.00. The van der Waals surface area contributed by atoms with Crippen LogP contribution >= 0.6 is 0 Å². The average molecular weight is 405 g/mol. The van der Waals surface area contributed by atoms with E-state index >= 15 is 0 Å². The molecule has 0 heterocycles. The van der Waals surface area contributed by atoms with Crippen LogP contribution in [-0.2, 0) is 14.8 Å². The van der Waals surface area contributed by atoms with E-state index in [1.54, 1.807) is 38.1 Å². The Labute approximate surface area is 164 Å². The Morgan fingerprint density at radius 3 is 2.39 bits per heavy atom. The third-order valence-electron chi connectivity index (χ3n) is 3.95. The van der Waals surface area contributed by atoms with Gasteiger partial charge in [-0.3, -0.25) is 9.59 Å². The predicted octanol–water partition coefficient (Wildman–Crippen LogP) is 1.83. The van der Waals surface area contributed by atoms with Crippen LogP contribution in [0.2, 0.25) is 0 Å². The van der Waals surface area contributed by atoms with E-state index in [0.717, 1.165) is 0 Å². The second-order valence-electron chi connectivity index (χ2n) is 5.85. The molecule has 0 spiro atoms. The van der Waals surface area contributed by atoms with Gasteiger partial charge in [-0.25, -0.2) is 8.42 Å². The molecule has 2 rings (SSSR count). The third kappa shape index (κ3) is 5.30.